The molecule has 8 heteroatoms. The molecule has 172 valence electrons. The van der Waals surface area contributed by atoms with Gasteiger partial charge in [0, 0.05) is 11.3 Å². The Morgan fingerprint density at radius 3 is 2.50 bits per heavy atom. The number of thioether (sulfide) groups is 1. The molecule has 1 aliphatic heterocycles. The molecule has 0 fully saturated rings. The maximum absolute atomic E-state index is 13.5. The second kappa shape index (κ2) is 9.23. The van der Waals surface area contributed by atoms with Crippen LogP contribution >= 0.6 is 11.8 Å². The smallest absolute Gasteiger partial charge is 0.240 e. The van der Waals surface area contributed by atoms with Gasteiger partial charge in [0.15, 0.2) is 5.82 Å². The summed E-state index contributed by atoms with van der Waals surface area (Å²) in [6.07, 6.45) is 0. The molecular weight excluding hydrogens is 446 g/mol. The number of anilines is 1. The number of nitrogens with zero attached hydrogens (tertiary/aromatic N) is 3. The first kappa shape index (κ1) is 22.0. The summed E-state index contributed by atoms with van der Waals surface area (Å²) in [5.41, 5.74) is 8.41. The molecule has 0 bridgehead atoms. The number of ether oxygens (including phenoxy) is 1. The van der Waals surface area contributed by atoms with Gasteiger partial charge in [0.05, 0.1) is 13.2 Å². The fraction of sp³-hybridized carbons (Fsp3) is 0.192. The monoisotopic (exact) mass is 471 g/mol. The van der Waals surface area contributed by atoms with E-state index in [0.29, 0.717) is 11.0 Å². The zero-order chi connectivity index (χ0) is 23.7. The SMILES string of the molecule is COc1ccc([C@@H]2Nn3c(nnc3-c3ccccc3)S[C@H]2C(=O)Nc2ccc(C)cc2C)cc1. The number of fused-ring (bicyclic) bond motifs is 1. The lowest BCUT2D eigenvalue weighted by molar-refractivity contribution is -0.116. The summed E-state index contributed by atoms with van der Waals surface area (Å²) < 4.78 is 7.19. The molecule has 0 unspecified atom stereocenters. The van der Waals surface area contributed by atoms with Gasteiger partial charge < -0.3 is 15.5 Å². The molecule has 3 aromatic carbocycles. The molecule has 2 heterocycles. The van der Waals surface area contributed by atoms with Crippen LogP contribution in [0.2, 0.25) is 0 Å². The number of rotatable bonds is 5. The van der Waals surface area contributed by atoms with E-state index in [-0.39, 0.29) is 11.9 Å². The highest BCUT2D eigenvalue weighted by Crippen LogP contribution is 2.39. The number of nitrogens with one attached hydrogen (secondary N) is 2. The highest BCUT2D eigenvalue weighted by molar-refractivity contribution is 8.00. The fourth-order valence-corrected chi connectivity index (χ4v) is 5.13. The lowest BCUT2D eigenvalue weighted by Gasteiger charge is -2.33. The van der Waals surface area contributed by atoms with Crippen molar-refractivity contribution in [2.45, 2.75) is 30.3 Å². The van der Waals surface area contributed by atoms with Crippen LogP contribution in [0.1, 0.15) is 22.7 Å². The molecule has 5 rings (SSSR count). The Morgan fingerprint density at radius 2 is 1.79 bits per heavy atom. The lowest BCUT2D eigenvalue weighted by atomic mass is 10.0. The largest absolute Gasteiger partial charge is 0.497 e. The van der Waals surface area contributed by atoms with E-state index in [2.05, 4.69) is 27.0 Å². The maximum Gasteiger partial charge on any atom is 0.240 e. The first-order valence-corrected chi connectivity index (χ1v) is 11.9. The van der Waals surface area contributed by atoms with Gasteiger partial charge in [-0.3, -0.25) is 4.79 Å². The lowest BCUT2D eigenvalue weighted by Crippen LogP contribution is -2.41. The van der Waals surface area contributed by atoms with Gasteiger partial charge in [-0.15, -0.1) is 10.2 Å². The van der Waals surface area contributed by atoms with Crippen molar-refractivity contribution in [3.8, 4) is 17.1 Å². The molecule has 0 saturated heterocycles. The summed E-state index contributed by atoms with van der Waals surface area (Å²) in [5, 5.41) is 12.1. The van der Waals surface area contributed by atoms with Crippen molar-refractivity contribution in [2.75, 3.05) is 17.9 Å². The van der Waals surface area contributed by atoms with Crippen LogP contribution in [0.3, 0.4) is 0 Å². The van der Waals surface area contributed by atoms with Crippen LogP contribution in [-0.2, 0) is 4.79 Å². The molecule has 2 N–H and O–H groups in total. The van der Waals surface area contributed by atoms with Gasteiger partial charge in [-0.1, -0.05) is 71.9 Å². The number of aryl methyl sites for hydroxylation is 2. The second-order valence-electron chi connectivity index (χ2n) is 8.23. The predicted octanol–water partition coefficient (Wildman–Crippen LogP) is 4.97. The second-order valence-corrected chi connectivity index (χ2v) is 9.34. The van der Waals surface area contributed by atoms with Crippen molar-refractivity contribution in [3.63, 3.8) is 0 Å². The summed E-state index contributed by atoms with van der Waals surface area (Å²) in [6.45, 7) is 4.04. The molecule has 4 aromatic rings. The minimum atomic E-state index is -0.463. The highest BCUT2D eigenvalue weighted by Gasteiger charge is 2.38. The van der Waals surface area contributed by atoms with Crippen molar-refractivity contribution in [3.05, 3.63) is 89.5 Å². The molecule has 0 radical (unpaired) electrons. The third-order valence-electron chi connectivity index (χ3n) is 5.84. The zero-order valence-electron chi connectivity index (χ0n) is 19.1. The summed E-state index contributed by atoms with van der Waals surface area (Å²) in [6, 6.07) is 23.3. The number of aromatic nitrogens is 3. The van der Waals surface area contributed by atoms with E-state index < -0.39 is 5.25 Å². The fourth-order valence-electron chi connectivity index (χ4n) is 4.05. The van der Waals surface area contributed by atoms with Crippen LogP contribution in [0, 0.1) is 13.8 Å². The van der Waals surface area contributed by atoms with Crippen molar-refractivity contribution >= 4 is 23.4 Å². The Balaban J connectivity index is 1.51. The molecule has 0 saturated carbocycles. The summed E-state index contributed by atoms with van der Waals surface area (Å²) >= 11 is 1.41. The van der Waals surface area contributed by atoms with Gasteiger partial charge in [-0.2, -0.15) is 0 Å². The minimum Gasteiger partial charge on any atom is -0.497 e. The van der Waals surface area contributed by atoms with Gasteiger partial charge in [0.2, 0.25) is 11.1 Å². The van der Waals surface area contributed by atoms with Crippen molar-refractivity contribution in [1.29, 1.82) is 0 Å². The van der Waals surface area contributed by atoms with Crippen molar-refractivity contribution < 1.29 is 9.53 Å². The number of hydrogen-bond acceptors (Lipinski definition) is 6. The van der Waals surface area contributed by atoms with Crippen LogP contribution in [0.25, 0.3) is 11.4 Å². The first-order valence-electron chi connectivity index (χ1n) is 11.0. The van der Waals surface area contributed by atoms with E-state index in [9.17, 15) is 4.79 Å². The van der Waals surface area contributed by atoms with E-state index in [0.717, 1.165) is 33.7 Å². The molecule has 1 aliphatic rings. The average Bonchev–Trinajstić information content (AvgIpc) is 3.28. The summed E-state index contributed by atoms with van der Waals surface area (Å²) in [7, 11) is 1.64. The van der Waals surface area contributed by atoms with E-state index >= 15 is 0 Å². The summed E-state index contributed by atoms with van der Waals surface area (Å²) in [5.74, 6) is 1.37. The molecule has 0 spiro atoms. The van der Waals surface area contributed by atoms with Gasteiger partial charge in [-0.25, -0.2) is 4.68 Å². The van der Waals surface area contributed by atoms with Crippen LogP contribution in [0.5, 0.6) is 5.75 Å². The highest BCUT2D eigenvalue weighted by atomic mass is 32.2. The van der Waals surface area contributed by atoms with Gasteiger partial charge >= 0.3 is 0 Å². The van der Waals surface area contributed by atoms with Crippen LogP contribution < -0.4 is 15.5 Å². The molecule has 34 heavy (non-hydrogen) atoms. The van der Waals surface area contributed by atoms with E-state index in [1.807, 2.05) is 85.3 Å². The van der Waals surface area contributed by atoms with Crippen molar-refractivity contribution in [1.82, 2.24) is 14.9 Å². The maximum atomic E-state index is 13.5. The number of hydrogen-bond donors (Lipinski definition) is 2. The number of carbonyl (C=O) groups excluding carboxylic acids is 1. The van der Waals surface area contributed by atoms with Crippen LogP contribution in [-0.4, -0.2) is 33.1 Å². The van der Waals surface area contributed by atoms with E-state index in [1.165, 1.54) is 11.8 Å². The van der Waals surface area contributed by atoms with Crippen molar-refractivity contribution in [2.24, 2.45) is 0 Å². The first-order chi connectivity index (χ1) is 16.5. The predicted molar refractivity (Wildman–Crippen MR) is 135 cm³/mol. The minimum absolute atomic E-state index is 0.0965. The van der Waals surface area contributed by atoms with E-state index in [1.54, 1.807) is 7.11 Å². The average molecular weight is 472 g/mol. The Hall–Kier alpha value is -3.78. The number of benzene rings is 3. The Labute approximate surface area is 202 Å². The normalized spacial score (nSPS) is 16.9. The van der Waals surface area contributed by atoms with E-state index in [4.69, 9.17) is 4.74 Å². The topological polar surface area (TPSA) is 81.1 Å². The molecule has 1 aromatic heterocycles. The summed E-state index contributed by atoms with van der Waals surface area (Å²) in [4.78, 5) is 13.5. The van der Waals surface area contributed by atoms with Crippen LogP contribution in [0.4, 0.5) is 5.69 Å². The number of methoxy groups -OCH3 is 1. The Kier molecular flexibility index (Phi) is 5.98. The Bertz CT molecular complexity index is 1320. The standard InChI is InChI=1S/C26H25N5O2S/c1-16-9-14-21(17(2)15-16)27-25(32)23-22(18-10-12-20(33-3)13-11-18)30-31-24(28-29-26(31)34-23)19-7-5-4-6-8-19/h4-15,22-23,30H,1-3H3,(H,27,32)/t22-,23+/m0/s1. The Morgan fingerprint density at radius 1 is 1.03 bits per heavy atom. The number of carbonyl (C=O) groups is 1. The zero-order valence-corrected chi connectivity index (χ0v) is 20.0. The van der Waals surface area contributed by atoms with Gasteiger partial charge in [0.1, 0.15) is 11.0 Å². The molecule has 0 aliphatic carbocycles. The van der Waals surface area contributed by atoms with Crippen LogP contribution in [0.15, 0.2) is 78.0 Å². The number of amides is 1. The molecular formula is C26H25N5O2S. The molecule has 2 atom stereocenters. The van der Waals surface area contributed by atoms with Gasteiger partial charge in [0.25, 0.3) is 0 Å². The third-order valence-corrected chi connectivity index (χ3v) is 7.06. The quantitative estimate of drug-likeness (QED) is 0.428. The molecule has 1 amide bonds. The van der Waals surface area contributed by atoms with Gasteiger partial charge in [-0.05, 0) is 43.2 Å². The molecule has 7 nitrogen and oxygen atoms in total. The third kappa shape index (κ3) is 4.24.